The molecule has 2 heterocycles. The minimum Gasteiger partial charge on any atom is -0.480 e. The fourth-order valence-corrected chi connectivity index (χ4v) is 2.66. The van der Waals surface area contributed by atoms with E-state index in [-0.39, 0.29) is 11.5 Å². The zero-order valence-corrected chi connectivity index (χ0v) is 12.5. The van der Waals surface area contributed by atoms with E-state index in [1.54, 1.807) is 30.5 Å². The number of hydrogen-bond donors (Lipinski definition) is 1. The summed E-state index contributed by atoms with van der Waals surface area (Å²) >= 11 is 0. The van der Waals surface area contributed by atoms with Crippen LogP contribution in [-0.4, -0.2) is 16.3 Å². The fourth-order valence-electron chi connectivity index (χ4n) is 2.66. The lowest BCUT2D eigenvalue weighted by Gasteiger charge is -2.03. The second-order valence-electron chi connectivity index (χ2n) is 5.26. The molecule has 5 nitrogen and oxygen atoms in total. The molecule has 0 fully saturated rings. The Morgan fingerprint density at radius 1 is 1.00 bits per heavy atom. The Kier molecular flexibility index (Phi) is 3.31. The SMILES string of the molecule is O=c1oc(O)c2ccccc2c1C=Nc1cccc2cccnc12. The number of rotatable bonds is 2. The third-order valence-electron chi connectivity index (χ3n) is 3.80. The van der Waals surface area contributed by atoms with E-state index in [9.17, 15) is 9.90 Å². The molecule has 0 aliphatic heterocycles. The van der Waals surface area contributed by atoms with Gasteiger partial charge in [-0.3, -0.25) is 9.98 Å². The number of aromatic nitrogens is 1. The highest BCUT2D eigenvalue weighted by atomic mass is 16.5. The molecular formula is C19H12N2O3. The van der Waals surface area contributed by atoms with Crippen molar-refractivity contribution in [2.75, 3.05) is 0 Å². The summed E-state index contributed by atoms with van der Waals surface area (Å²) in [5.74, 6) is -0.389. The summed E-state index contributed by atoms with van der Waals surface area (Å²) in [6.07, 6.45) is 3.16. The number of aliphatic imine (C=N–C) groups is 1. The molecule has 4 aromatic rings. The molecule has 0 aliphatic carbocycles. The van der Waals surface area contributed by atoms with Gasteiger partial charge < -0.3 is 9.52 Å². The van der Waals surface area contributed by atoms with Crippen LogP contribution in [0.3, 0.4) is 0 Å². The normalized spacial score (nSPS) is 11.5. The second kappa shape index (κ2) is 5.62. The average Bonchev–Trinajstić information content (AvgIpc) is 2.61. The molecule has 0 spiro atoms. The number of benzene rings is 2. The lowest BCUT2D eigenvalue weighted by Crippen LogP contribution is -2.07. The highest BCUT2D eigenvalue weighted by Gasteiger charge is 2.10. The van der Waals surface area contributed by atoms with Crippen LogP contribution in [0.15, 0.2) is 75.0 Å². The molecule has 0 saturated heterocycles. The summed E-state index contributed by atoms with van der Waals surface area (Å²) < 4.78 is 4.89. The van der Waals surface area contributed by atoms with E-state index in [0.29, 0.717) is 16.5 Å². The van der Waals surface area contributed by atoms with Gasteiger partial charge in [0, 0.05) is 23.2 Å². The number of nitrogens with zero attached hydrogens (tertiary/aromatic N) is 2. The minimum absolute atomic E-state index is 0.288. The first-order chi connectivity index (χ1) is 11.7. The van der Waals surface area contributed by atoms with Crippen molar-refractivity contribution in [2.24, 2.45) is 4.99 Å². The van der Waals surface area contributed by atoms with Crippen LogP contribution >= 0.6 is 0 Å². The Bertz CT molecular complexity index is 1140. The van der Waals surface area contributed by atoms with Gasteiger partial charge in [0.25, 0.3) is 5.95 Å². The molecule has 0 aliphatic rings. The Morgan fingerprint density at radius 3 is 2.67 bits per heavy atom. The van der Waals surface area contributed by atoms with Crippen molar-refractivity contribution in [3.8, 4) is 5.95 Å². The van der Waals surface area contributed by atoms with Crippen molar-refractivity contribution in [3.05, 3.63) is 76.8 Å². The Morgan fingerprint density at radius 2 is 1.79 bits per heavy atom. The first kappa shape index (κ1) is 14.1. The van der Waals surface area contributed by atoms with E-state index in [2.05, 4.69) is 9.98 Å². The molecule has 1 N–H and O–H groups in total. The Hall–Kier alpha value is -3.47. The maximum Gasteiger partial charge on any atom is 0.348 e. The van der Waals surface area contributed by atoms with Crippen LogP contribution in [0.5, 0.6) is 5.95 Å². The van der Waals surface area contributed by atoms with Crippen molar-refractivity contribution < 1.29 is 9.52 Å². The Balaban J connectivity index is 1.90. The average molecular weight is 316 g/mol. The van der Waals surface area contributed by atoms with Gasteiger partial charge in [-0.05, 0) is 18.2 Å². The summed E-state index contributed by atoms with van der Waals surface area (Å²) in [5.41, 5.74) is 1.06. The largest absolute Gasteiger partial charge is 0.480 e. The van der Waals surface area contributed by atoms with Gasteiger partial charge in [-0.1, -0.05) is 36.4 Å². The van der Waals surface area contributed by atoms with E-state index >= 15 is 0 Å². The molecule has 24 heavy (non-hydrogen) atoms. The molecule has 0 unspecified atom stereocenters. The fraction of sp³-hybridized carbons (Fsp3) is 0. The summed E-state index contributed by atoms with van der Waals surface area (Å²) in [4.78, 5) is 20.9. The molecule has 0 amide bonds. The van der Waals surface area contributed by atoms with Crippen LogP contribution in [0.4, 0.5) is 5.69 Å². The zero-order valence-electron chi connectivity index (χ0n) is 12.5. The lowest BCUT2D eigenvalue weighted by atomic mass is 10.1. The summed E-state index contributed by atoms with van der Waals surface area (Å²) in [7, 11) is 0. The number of hydrogen-bond acceptors (Lipinski definition) is 5. The topological polar surface area (TPSA) is 75.7 Å². The second-order valence-corrected chi connectivity index (χ2v) is 5.26. The summed E-state index contributed by atoms with van der Waals surface area (Å²) in [6.45, 7) is 0. The van der Waals surface area contributed by atoms with Gasteiger partial charge in [0.2, 0.25) is 0 Å². The van der Waals surface area contributed by atoms with Crippen LogP contribution in [0.1, 0.15) is 5.56 Å². The van der Waals surface area contributed by atoms with Crippen LogP contribution in [0.2, 0.25) is 0 Å². The third kappa shape index (κ3) is 2.32. The van der Waals surface area contributed by atoms with Crippen molar-refractivity contribution in [1.82, 2.24) is 4.98 Å². The van der Waals surface area contributed by atoms with Gasteiger partial charge in [0.1, 0.15) is 0 Å². The van der Waals surface area contributed by atoms with Crippen molar-refractivity contribution in [2.45, 2.75) is 0 Å². The first-order valence-electron chi connectivity index (χ1n) is 7.36. The van der Waals surface area contributed by atoms with E-state index < -0.39 is 5.63 Å². The molecular weight excluding hydrogens is 304 g/mol. The van der Waals surface area contributed by atoms with E-state index in [1.807, 2.05) is 30.3 Å². The highest BCUT2D eigenvalue weighted by Crippen LogP contribution is 2.26. The lowest BCUT2D eigenvalue weighted by molar-refractivity contribution is 0.317. The van der Waals surface area contributed by atoms with E-state index in [0.717, 1.165) is 10.9 Å². The first-order valence-corrected chi connectivity index (χ1v) is 7.36. The van der Waals surface area contributed by atoms with Crippen LogP contribution in [0.25, 0.3) is 21.7 Å². The van der Waals surface area contributed by atoms with Crippen LogP contribution in [-0.2, 0) is 0 Å². The smallest absolute Gasteiger partial charge is 0.348 e. The van der Waals surface area contributed by atoms with Crippen molar-refractivity contribution in [1.29, 1.82) is 0 Å². The number of para-hydroxylation sites is 1. The number of fused-ring (bicyclic) bond motifs is 2. The molecule has 116 valence electrons. The summed E-state index contributed by atoms with van der Waals surface area (Å²) in [5, 5.41) is 11.8. The third-order valence-corrected chi connectivity index (χ3v) is 3.80. The standard InChI is InChI=1S/C19H12N2O3/c22-18-14-8-2-1-7-13(14)15(19(23)24-18)11-21-16-9-3-5-12-6-4-10-20-17(12)16/h1-11,22H. The van der Waals surface area contributed by atoms with Gasteiger partial charge in [0.05, 0.1) is 22.2 Å². The maximum atomic E-state index is 12.1. The van der Waals surface area contributed by atoms with Gasteiger partial charge in [-0.2, -0.15) is 0 Å². The minimum atomic E-state index is -0.636. The van der Waals surface area contributed by atoms with Crippen molar-refractivity contribution >= 4 is 33.6 Å². The van der Waals surface area contributed by atoms with Gasteiger partial charge in [-0.25, -0.2) is 4.79 Å². The predicted molar refractivity (Wildman–Crippen MR) is 93.1 cm³/mol. The van der Waals surface area contributed by atoms with Gasteiger partial charge in [0.15, 0.2) is 0 Å². The van der Waals surface area contributed by atoms with Gasteiger partial charge in [-0.15, -0.1) is 0 Å². The van der Waals surface area contributed by atoms with Gasteiger partial charge >= 0.3 is 5.63 Å². The zero-order chi connectivity index (χ0) is 16.5. The summed E-state index contributed by atoms with van der Waals surface area (Å²) in [6, 6.07) is 16.5. The quantitative estimate of drug-likeness (QED) is 0.571. The molecule has 5 heteroatoms. The molecule has 0 bridgehead atoms. The molecule has 2 aromatic carbocycles. The van der Waals surface area contributed by atoms with E-state index in [1.165, 1.54) is 6.21 Å². The molecule has 0 radical (unpaired) electrons. The van der Waals surface area contributed by atoms with Crippen LogP contribution < -0.4 is 5.63 Å². The highest BCUT2D eigenvalue weighted by molar-refractivity contribution is 6.02. The molecule has 0 atom stereocenters. The van der Waals surface area contributed by atoms with Crippen molar-refractivity contribution in [3.63, 3.8) is 0 Å². The molecule has 4 rings (SSSR count). The van der Waals surface area contributed by atoms with E-state index in [4.69, 9.17) is 4.42 Å². The molecule has 0 saturated carbocycles. The van der Waals surface area contributed by atoms with Crippen LogP contribution in [0, 0.1) is 0 Å². The Labute approximate surface area is 136 Å². The maximum absolute atomic E-state index is 12.1. The number of aromatic hydroxyl groups is 1. The monoisotopic (exact) mass is 316 g/mol. The number of pyridine rings is 1. The predicted octanol–water partition coefficient (Wildman–Crippen LogP) is 3.80. The molecule has 2 aromatic heterocycles.